The van der Waals surface area contributed by atoms with Crippen LogP contribution in [0.1, 0.15) is 5.69 Å². The summed E-state index contributed by atoms with van der Waals surface area (Å²) in [5.41, 5.74) is 6.70. The van der Waals surface area contributed by atoms with Crippen molar-refractivity contribution in [3.8, 4) is 0 Å². The van der Waals surface area contributed by atoms with Gasteiger partial charge in [-0.3, -0.25) is 9.78 Å². The van der Waals surface area contributed by atoms with Gasteiger partial charge < -0.3 is 15.9 Å². The lowest BCUT2D eigenvalue weighted by Gasteiger charge is -1.99. The first-order valence-electron chi connectivity index (χ1n) is 6.15. The second kappa shape index (κ2) is 8.15. The third-order valence-corrected chi connectivity index (χ3v) is 2.38. The molecule has 22 heavy (non-hydrogen) atoms. The van der Waals surface area contributed by atoms with Crippen molar-refractivity contribution in [3.05, 3.63) is 54.2 Å². The lowest BCUT2D eigenvalue weighted by molar-refractivity contribution is -0.134. The predicted octanol–water partition coefficient (Wildman–Crippen LogP) is 0.974. The molecule has 1 aromatic heterocycles. The summed E-state index contributed by atoms with van der Waals surface area (Å²) >= 11 is 0. The number of para-hydroxylation sites is 1. The van der Waals surface area contributed by atoms with Crippen LogP contribution < -0.4 is 5.73 Å². The quantitative estimate of drug-likeness (QED) is 0.721. The number of carbonyl (C=O) groups excluding carboxylic acids is 1. The number of rotatable bonds is 4. The van der Waals surface area contributed by atoms with Gasteiger partial charge in [0.15, 0.2) is 0 Å². The van der Waals surface area contributed by atoms with Gasteiger partial charge >= 0.3 is 11.9 Å². The normalized spacial score (nSPS) is 10.0. The first-order chi connectivity index (χ1) is 10.4. The van der Waals surface area contributed by atoms with Crippen LogP contribution in [-0.2, 0) is 20.8 Å². The van der Waals surface area contributed by atoms with Gasteiger partial charge in [0.05, 0.1) is 17.6 Å². The molecule has 0 fully saturated rings. The zero-order valence-corrected chi connectivity index (χ0v) is 11.5. The Morgan fingerprint density at radius 1 is 1.00 bits per heavy atom. The van der Waals surface area contributed by atoms with Gasteiger partial charge in [0, 0.05) is 17.5 Å². The minimum atomic E-state index is -1.26. The maximum Gasteiger partial charge on any atom is 0.328 e. The SMILES string of the molecule is NC(=O)Cc1ccc2ccccc2n1.O=C(O)/C=C/C(=O)O. The molecule has 7 nitrogen and oxygen atoms in total. The van der Waals surface area contributed by atoms with Gasteiger partial charge in [0.1, 0.15) is 0 Å². The minimum absolute atomic E-state index is 0.199. The Hall–Kier alpha value is -3.22. The van der Waals surface area contributed by atoms with Crippen LogP contribution in [-0.4, -0.2) is 33.0 Å². The van der Waals surface area contributed by atoms with Crippen LogP contribution in [0.25, 0.3) is 10.9 Å². The van der Waals surface area contributed by atoms with Crippen LogP contribution in [0.2, 0.25) is 0 Å². The van der Waals surface area contributed by atoms with Crippen molar-refractivity contribution in [2.75, 3.05) is 0 Å². The number of benzene rings is 1. The van der Waals surface area contributed by atoms with E-state index in [0.29, 0.717) is 12.2 Å². The molecule has 0 aliphatic carbocycles. The lowest BCUT2D eigenvalue weighted by atomic mass is 10.2. The van der Waals surface area contributed by atoms with E-state index >= 15 is 0 Å². The molecule has 0 aliphatic rings. The summed E-state index contributed by atoms with van der Waals surface area (Å²) in [6, 6.07) is 11.5. The van der Waals surface area contributed by atoms with E-state index in [4.69, 9.17) is 15.9 Å². The van der Waals surface area contributed by atoms with Crippen LogP contribution in [0.3, 0.4) is 0 Å². The van der Waals surface area contributed by atoms with Gasteiger partial charge in [-0.25, -0.2) is 9.59 Å². The molecule has 0 bridgehead atoms. The van der Waals surface area contributed by atoms with Crippen molar-refractivity contribution in [2.24, 2.45) is 5.73 Å². The number of pyridine rings is 1. The Morgan fingerprint density at radius 2 is 1.59 bits per heavy atom. The number of carboxylic acid groups (broad SMARTS) is 2. The number of aliphatic carboxylic acids is 2. The Kier molecular flexibility index (Phi) is 6.24. The van der Waals surface area contributed by atoms with Crippen molar-refractivity contribution >= 4 is 28.7 Å². The molecular weight excluding hydrogens is 288 g/mol. The second-order valence-electron chi connectivity index (χ2n) is 4.15. The molecule has 0 saturated heterocycles. The van der Waals surface area contributed by atoms with Crippen LogP contribution in [0.5, 0.6) is 0 Å². The Balaban J connectivity index is 0.000000261. The van der Waals surface area contributed by atoms with E-state index in [2.05, 4.69) is 4.98 Å². The predicted molar refractivity (Wildman–Crippen MR) is 79.1 cm³/mol. The highest BCUT2D eigenvalue weighted by Gasteiger charge is 2.00. The summed E-state index contributed by atoms with van der Waals surface area (Å²) < 4.78 is 0. The highest BCUT2D eigenvalue weighted by Crippen LogP contribution is 2.11. The van der Waals surface area contributed by atoms with E-state index in [1.54, 1.807) is 0 Å². The van der Waals surface area contributed by atoms with Crippen LogP contribution >= 0.6 is 0 Å². The number of nitrogens with two attached hydrogens (primary N) is 1. The number of carboxylic acids is 2. The van der Waals surface area contributed by atoms with Crippen molar-refractivity contribution < 1.29 is 24.6 Å². The molecule has 1 aromatic carbocycles. The van der Waals surface area contributed by atoms with Crippen LogP contribution in [0.15, 0.2) is 48.6 Å². The molecule has 0 atom stereocenters. The lowest BCUT2D eigenvalue weighted by Crippen LogP contribution is -2.14. The highest BCUT2D eigenvalue weighted by atomic mass is 16.4. The van der Waals surface area contributed by atoms with Gasteiger partial charge in [-0.15, -0.1) is 0 Å². The van der Waals surface area contributed by atoms with Crippen LogP contribution in [0.4, 0.5) is 0 Å². The molecule has 0 aliphatic heterocycles. The van der Waals surface area contributed by atoms with Gasteiger partial charge in [-0.1, -0.05) is 24.3 Å². The van der Waals surface area contributed by atoms with Gasteiger partial charge in [0.25, 0.3) is 0 Å². The average molecular weight is 302 g/mol. The number of amides is 1. The molecule has 0 saturated carbocycles. The molecule has 114 valence electrons. The maximum atomic E-state index is 10.7. The second-order valence-corrected chi connectivity index (χ2v) is 4.15. The third-order valence-electron chi connectivity index (χ3n) is 2.38. The van der Waals surface area contributed by atoms with Crippen molar-refractivity contribution in [2.45, 2.75) is 6.42 Å². The number of carbonyl (C=O) groups is 3. The summed E-state index contributed by atoms with van der Waals surface area (Å²) in [5, 5.41) is 16.7. The average Bonchev–Trinajstić information content (AvgIpc) is 2.45. The monoisotopic (exact) mass is 302 g/mol. The molecule has 7 heteroatoms. The van der Waals surface area contributed by atoms with E-state index in [1.807, 2.05) is 36.4 Å². The fraction of sp³-hybridized carbons (Fsp3) is 0.0667. The highest BCUT2D eigenvalue weighted by molar-refractivity contribution is 5.89. The van der Waals surface area contributed by atoms with Gasteiger partial charge in [0.2, 0.25) is 5.91 Å². The number of hydrogen-bond acceptors (Lipinski definition) is 4. The number of aromatic nitrogens is 1. The topological polar surface area (TPSA) is 131 Å². The molecule has 2 aromatic rings. The maximum absolute atomic E-state index is 10.7. The minimum Gasteiger partial charge on any atom is -0.478 e. The Morgan fingerprint density at radius 3 is 2.14 bits per heavy atom. The number of nitrogens with zero attached hydrogens (tertiary/aromatic N) is 1. The standard InChI is InChI=1S/C11H10N2O.C4H4O4/c12-11(14)7-9-6-5-8-3-1-2-4-10(8)13-9;5-3(6)1-2-4(7)8/h1-6H,7H2,(H2,12,14);1-2H,(H,5,6)(H,7,8)/b;2-1+. The summed E-state index contributed by atoms with van der Waals surface area (Å²) in [4.78, 5) is 34.1. The zero-order chi connectivity index (χ0) is 16.5. The largest absolute Gasteiger partial charge is 0.478 e. The molecular formula is C15H14N2O5. The Bertz CT molecular complexity index is 709. The van der Waals surface area contributed by atoms with E-state index < -0.39 is 11.9 Å². The molecule has 4 N–H and O–H groups in total. The van der Waals surface area contributed by atoms with Crippen molar-refractivity contribution in [1.82, 2.24) is 4.98 Å². The van der Waals surface area contributed by atoms with E-state index in [0.717, 1.165) is 16.6 Å². The molecule has 2 rings (SSSR count). The van der Waals surface area contributed by atoms with Crippen LogP contribution in [0, 0.1) is 0 Å². The van der Waals surface area contributed by atoms with Crippen molar-refractivity contribution in [3.63, 3.8) is 0 Å². The molecule has 1 amide bonds. The number of fused-ring (bicyclic) bond motifs is 1. The van der Waals surface area contributed by atoms with Gasteiger partial charge in [-0.05, 0) is 12.1 Å². The van der Waals surface area contributed by atoms with E-state index in [9.17, 15) is 14.4 Å². The summed E-state index contributed by atoms with van der Waals surface area (Å²) in [6.45, 7) is 0. The Labute approximate surface area is 125 Å². The van der Waals surface area contributed by atoms with Gasteiger partial charge in [-0.2, -0.15) is 0 Å². The smallest absolute Gasteiger partial charge is 0.328 e. The molecule has 0 radical (unpaired) electrons. The fourth-order valence-corrected chi connectivity index (χ4v) is 1.53. The summed E-state index contributed by atoms with van der Waals surface area (Å²) in [5.74, 6) is -2.87. The third kappa shape index (κ3) is 6.29. The molecule has 0 unspecified atom stereocenters. The molecule has 1 heterocycles. The fourth-order valence-electron chi connectivity index (χ4n) is 1.53. The number of hydrogen-bond donors (Lipinski definition) is 3. The number of primary amides is 1. The van der Waals surface area contributed by atoms with Crippen molar-refractivity contribution in [1.29, 1.82) is 0 Å². The first-order valence-corrected chi connectivity index (χ1v) is 6.15. The summed E-state index contributed by atoms with van der Waals surface area (Å²) in [6.07, 6.45) is 1.31. The summed E-state index contributed by atoms with van der Waals surface area (Å²) in [7, 11) is 0. The molecule has 0 spiro atoms. The van der Waals surface area contributed by atoms with E-state index in [1.165, 1.54) is 0 Å². The zero-order valence-electron chi connectivity index (χ0n) is 11.5. The first kappa shape index (κ1) is 16.8. The van der Waals surface area contributed by atoms with E-state index in [-0.39, 0.29) is 12.3 Å².